The van der Waals surface area contributed by atoms with Gasteiger partial charge in [0, 0.05) is 17.1 Å². The van der Waals surface area contributed by atoms with E-state index in [1.807, 2.05) is 18.8 Å². The number of anilines is 1. The molecule has 1 atom stereocenters. The van der Waals surface area contributed by atoms with Gasteiger partial charge < -0.3 is 10.6 Å². The van der Waals surface area contributed by atoms with Crippen molar-refractivity contribution in [1.29, 1.82) is 0 Å². The van der Waals surface area contributed by atoms with Crippen LogP contribution in [0.15, 0.2) is 29.2 Å². The summed E-state index contributed by atoms with van der Waals surface area (Å²) in [5, 5.41) is 6.80. The van der Waals surface area contributed by atoms with Crippen LogP contribution in [0.4, 0.5) is 5.69 Å². The molecule has 3 heteroatoms. The molecule has 0 aliphatic rings. The van der Waals surface area contributed by atoms with E-state index in [1.165, 1.54) is 10.6 Å². The minimum absolute atomic E-state index is 0.666. The van der Waals surface area contributed by atoms with Gasteiger partial charge in [0.2, 0.25) is 0 Å². The van der Waals surface area contributed by atoms with Crippen LogP contribution in [-0.4, -0.2) is 25.9 Å². The van der Waals surface area contributed by atoms with Crippen LogP contribution in [0.3, 0.4) is 0 Å². The van der Waals surface area contributed by atoms with E-state index in [4.69, 9.17) is 0 Å². The van der Waals surface area contributed by atoms with Crippen molar-refractivity contribution in [3.63, 3.8) is 0 Å². The van der Waals surface area contributed by atoms with Gasteiger partial charge in [0.1, 0.15) is 0 Å². The van der Waals surface area contributed by atoms with Crippen molar-refractivity contribution in [2.75, 3.05) is 31.2 Å². The fraction of sp³-hybridized carbons (Fsp3) is 0.600. The van der Waals surface area contributed by atoms with Gasteiger partial charge in [-0.05, 0) is 55.4 Å². The average molecular weight is 266 g/mol. The predicted molar refractivity (Wildman–Crippen MR) is 83.6 cm³/mol. The van der Waals surface area contributed by atoms with Gasteiger partial charge in [0.25, 0.3) is 0 Å². The van der Waals surface area contributed by atoms with Crippen molar-refractivity contribution in [3.05, 3.63) is 24.3 Å². The first kappa shape index (κ1) is 15.4. The highest BCUT2D eigenvalue weighted by Gasteiger charge is 2.11. The third kappa shape index (κ3) is 5.32. The Morgan fingerprint density at radius 2 is 1.78 bits per heavy atom. The summed E-state index contributed by atoms with van der Waals surface area (Å²) in [6.45, 7) is 8.84. The van der Waals surface area contributed by atoms with Crippen LogP contribution >= 0.6 is 11.8 Å². The van der Waals surface area contributed by atoms with Gasteiger partial charge in [-0.1, -0.05) is 20.8 Å². The number of hydrogen-bond donors (Lipinski definition) is 2. The molecular formula is C15H26N2S. The lowest BCUT2D eigenvalue weighted by Crippen LogP contribution is -2.29. The van der Waals surface area contributed by atoms with Gasteiger partial charge in [0.15, 0.2) is 0 Å². The highest BCUT2D eigenvalue weighted by atomic mass is 32.2. The van der Waals surface area contributed by atoms with E-state index >= 15 is 0 Å². The molecule has 102 valence electrons. The molecule has 0 radical (unpaired) electrons. The Hall–Kier alpha value is -0.670. The van der Waals surface area contributed by atoms with E-state index in [0.717, 1.165) is 18.8 Å². The molecule has 0 fully saturated rings. The first-order valence-corrected chi connectivity index (χ1v) is 7.77. The summed E-state index contributed by atoms with van der Waals surface area (Å²) < 4.78 is 0. The minimum atomic E-state index is 0.666. The van der Waals surface area contributed by atoms with Crippen molar-refractivity contribution in [1.82, 2.24) is 5.32 Å². The molecule has 0 spiro atoms. The SMILES string of the molecule is CCSc1ccc(NCC(CNC)C(C)C)cc1. The van der Waals surface area contributed by atoms with E-state index < -0.39 is 0 Å². The number of hydrogen-bond acceptors (Lipinski definition) is 3. The van der Waals surface area contributed by atoms with E-state index in [1.54, 1.807) is 0 Å². The summed E-state index contributed by atoms with van der Waals surface area (Å²) >= 11 is 1.88. The Kier molecular flexibility index (Phi) is 7.21. The molecule has 1 aromatic rings. The average Bonchev–Trinajstić information content (AvgIpc) is 2.36. The maximum Gasteiger partial charge on any atom is 0.0341 e. The molecule has 0 saturated heterocycles. The van der Waals surface area contributed by atoms with Crippen molar-refractivity contribution in [3.8, 4) is 0 Å². The van der Waals surface area contributed by atoms with Crippen LogP contribution in [0, 0.1) is 11.8 Å². The lowest BCUT2D eigenvalue weighted by atomic mass is 9.96. The molecular weight excluding hydrogens is 240 g/mol. The molecule has 18 heavy (non-hydrogen) atoms. The third-order valence-corrected chi connectivity index (χ3v) is 4.04. The molecule has 0 aliphatic heterocycles. The molecule has 2 nitrogen and oxygen atoms in total. The standard InChI is InChI=1S/C15H26N2S/c1-5-18-15-8-6-14(7-9-15)17-11-13(10-16-4)12(2)3/h6-9,12-13,16-17H,5,10-11H2,1-4H3. The fourth-order valence-electron chi connectivity index (χ4n) is 1.89. The summed E-state index contributed by atoms with van der Waals surface area (Å²) in [7, 11) is 2.02. The summed E-state index contributed by atoms with van der Waals surface area (Å²) in [5.41, 5.74) is 1.22. The van der Waals surface area contributed by atoms with E-state index in [9.17, 15) is 0 Å². The van der Waals surface area contributed by atoms with Crippen LogP contribution in [0.5, 0.6) is 0 Å². The molecule has 0 aliphatic carbocycles. The summed E-state index contributed by atoms with van der Waals surface area (Å²) in [4.78, 5) is 1.35. The Labute approximate surface area is 116 Å². The van der Waals surface area contributed by atoms with Gasteiger partial charge in [-0.2, -0.15) is 0 Å². The monoisotopic (exact) mass is 266 g/mol. The normalized spacial score (nSPS) is 12.7. The van der Waals surface area contributed by atoms with Gasteiger partial charge >= 0.3 is 0 Å². The van der Waals surface area contributed by atoms with Crippen molar-refractivity contribution < 1.29 is 0 Å². The Morgan fingerprint density at radius 3 is 2.28 bits per heavy atom. The van der Waals surface area contributed by atoms with Gasteiger partial charge in [-0.15, -0.1) is 11.8 Å². The van der Waals surface area contributed by atoms with E-state index in [0.29, 0.717) is 11.8 Å². The van der Waals surface area contributed by atoms with Crippen LogP contribution in [0.25, 0.3) is 0 Å². The third-order valence-electron chi connectivity index (χ3n) is 3.14. The highest BCUT2D eigenvalue weighted by Crippen LogP contribution is 2.20. The summed E-state index contributed by atoms with van der Waals surface area (Å²) in [6, 6.07) is 8.74. The molecule has 0 saturated carbocycles. The molecule has 0 bridgehead atoms. The van der Waals surface area contributed by atoms with E-state index in [2.05, 4.69) is 55.7 Å². The molecule has 1 unspecified atom stereocenters. The minimum Gasteiger partial charge on any atom is -0.385 e. The maximum absolute atomic E-state index is 3.53. The topological polar surface area (TPSA) is 24.1 Å². The number of thioether (sulfide) groups is 1. The van der Waals surface area contributed by atoms with Crippen molar-refractivity contribution in [2.24, 2.45) is 11.8 Å². The van der Waals surface area contributed by atoms with Crippen molar-refractivity contribution in [2.45, 2.75) is 25.7 Å². The van der Waals surface area contributed by atoms with Crippen LogP contribution < -0.4 is 10.6 Å². The lowest BCUT2D eigenvalue weighted by Gasteiger charge is -2.21. The number of nitrogens with one attached hydrogen (secondary N) is 2. The lowest BCUT2D eigenvalue weighted by molar-refractivity contribution is 0.390. The zero-order valence-electron chi connectivity index (χ0n) is 12.0. The predicted octanol–water partition coefficient (Wildman–Crippen LogP) is 3.70. The first-order valence-electron chi connectivity index (χ1n) is 6.78. The molecule has 1 aromatic carbocycles. The molecule has 0 heterocycles. The van der Waals surface area contributed by atoms with Gasteiger partial charge in [-0.3, -0.25) is 0 Å². The summed E-state index contributed by atoms with van der Waals surface area (Å²) in [6.07, 6.45) is 0. The Morgan fingerprint density at radius 1 is 1.11 bits per heavy atom. The Bertz CT molecular complexity index is 322. The second kappa shape index (κ2) is 8.44. The first-order chi connectivity index (χ1) is 8.67. The quantitative estimate of drug-likeness (QED) is 0.702. The van der Waals surface area contributed by atoms with Crippen LogP contribution in [-0.2, 0) is 0 Å². The zero-order chi connectivity index (χ0) is 13.4. The second-order valence-electron chi connectivity index (χ2n) is 4.90. The smallest absolute Gasteiger partial charge is 0.0341 e. The fourth-order valence-corrected chi connectivity index (χ4v) is 2.55. The molecule has 2 N–H and O–H groups in total. The molecule has 1 rings (SSSR count). The molecule has 0 aromatic heterocycles. The number of benzene rings is 1. The van der Waals surface area contributed by atoms with Crippen LogP contribution in [0.1, 0.15) is 20.8 Å². The van der Waals surface area contributed by atoms with Crippen molar-refractivity contribution >= 4 is 17.4 Å². The van der Waals surface area contributed by atoms with Crippen LogP contribution in [0.2, 0.25) is 0 Å². The summed E-state index contributed by atoms with van der Waals surface area (Å²) in [5.74, 6) is 2.49. The highest BCUT2D eigenvalue weighted by molar-refractivity contribution is 7.99. The second-order valence-corrected chi connectivity index (χ2v) is 6.24. The largest absolute Gasteiger partial charge is 0.385 e. The number of rotatable bonds is 8. The zero-order valence-corrected chi connectivity index (χ0v) is 12.8. The Balaban J connectivity index is 2.46. The maximum atomic E-state index is 3.53. The van der Waals surface area contributed by atoms with E-state index in [-0.39, 0.29) is 0 Å². The molecule has 0 amide bonds. The van der Waals surface area contributed by atoms with Gasteiger partial charge in [0.05, 0.1) is 0 Å². The van der Waals surface area contributed by atoms with Gasteiger partial charge in [-0.25, -0.2) is 0 Å².